The highest BCUT2D eigenvalue weighted by Crippen LogP contribution is 2.61. The topological polar surface area (TPSA) is 290 Å². The molecule has 8 rings (SSSR count). The van der Waals surface area contributed by atoms with Crippen LogP contribution in [0, 0.1) is 11.8 Å². The van der Waals surface area contributed by atoms with Gasteiger partial charge in [0, 0.05) is 62.4 Å². The van der Waals surface area contributed by atoms with Crippen LogP contribution in [0.5, 0.6) is 0 Å². The number of ketones is 4. The summed E-state index contributed by atoms with van der Waals surface area (Å²) >= 11 is 0. The van der Waals surface area contributed by atoms with Crippen molar-refractivity contribution in [3.63, 3.8) is 0 Å². The molecule has 0 bridgehead atoms. The Bertz CT molecular complexity index is 1960. The zero-order valence-electron chi connectivity index (χ0n) is 31.1. The molecule has 56 heavy (non-hydrogen) atoms. The van der Waals surface area contributed by atoms with E-state index in [0.717, 1.165) is 0 Å². The molecule has 0 unspecified atom stereocenters. The molecule has 4 amide bonds. The Morgan fingerprint density at radius 1 is 0.643 bits per heavy atom. The summed E-state index contributed by atoms with van der Waals surface area (Å²) in [6.07, 6.45) is -1.29. The van der Waals surface area contributed by atoms with Crippen molar-refractivity contribution >= 4 is 47.1 Å². The van der Waals surface area contributed by atoms with Gasteiger partial charge in [-0.3, -0.25) is 28.8 Å². The van der Waals surface area contributed by atoms with Gasteiger partial charge in [0.25, 0.3) is 0 Å². The van der Waals surface area contributed by atoms with E-state index in [-0.39, 0.29) is 108 Å². The maximum absolute atomic E-state index is 13.6. The van der Waals surface area contributed by atoms with E-state index in [1.165, 1.54) is 28.1 Å². The molecule has 0 radical (unpaired) electrons. The summed E-state index contributed by atoms with van der Waals surface area (Å²) in [7, 11) is 2.80. The maximum Gasteiger partial charge on any atom is 0.404 e. The van der Waals surface area contributed by atoms with E-state index in [0.29, 0.717) is 12.8 Å². The minimum Gasteiger partial charge on any atom is -0.449 e. The fourth-order valence-electron chi connectivity index (χ4n) is 10.4. The monoisotopic (exact) mass is 778 g/mol. The van der Waals surface area contributed by atoms with Crippen LogP contribution in [0.3, 0.4) is 0 Å². The van der Waals surface area contributed by atoms with Crippen LogP contribution in [0.15, 0.2) is 45.1 Å². The number of rotatable bonds is 11. The summed E-state index contributed by atoms with van der Waals surface area (Å²) in [5, 5.41) is 0. The Balaban J connectivity index is 0.919. The van der Waals surface area contributed by atoms with E-state index >= 15 is 0 Å². The number of carbonyl (C=O) groups is 8. The van der Waals surface area contributed by atoms with E-state index < -0.39 is 70.7 Å². The van der Waals surface area contributed by atoms with Gasteiger partial charge in [0.1, 0.15) is 25.3 Å². The van der Waals surface area contributed by atoms with Crippen molar-refractivity contribution in [3.8, 4) is 0 Å². The van der Waals surface area contributed by atoms with Crippen LogP contribution >= 0.6 is 0 Å². The number of nitrogens with two attached hydrogens (primary N) is 4. The zero-order valence-corrected chi connectivity index (χ0v) is 31.1. The lowest BCUT2D eigenvalue weighted by Gasteiger charge is -2.41. The number of methoxy groups -OCH3 is 2. The molecule has 8 N–H and O–H groups in total. The highest BCUT2D eigenvalue weighted by atomic mass is 16.6. The highest BCUT2D eigenvalue weighted by molar-refractivity contribution is 6.26. The van der Waals surface area contributed by atoms with Crippen molar-refractivity contribution in [1.29, 1.82) is 0 Å². The van der Waals surface area contributed by atoms with Gasteiger partial charge in [0.2, 0.25) is 34.9 Å². The molecule has 2 aliphatic carbocycles. The minimum absolute atomic E-state index is 0.0602. The molecule has 298 valence electrons. The number of hydrogen-bond acceptors (Lipinski definition) is 16. The molecule has 0 aromatic rings. The Kier molecular flexibility index (Phi) is 8.21. The van der Waals surface area contributed by atoms with Gasteiger partial charge < -0.3 is 61.5 Å². The lowest BCUT2D eigenvalue weighted by molar-refractivity contribution is -0.154. The molecule has 0 spiro atoms. The number of fused-ring (bicyclic) bond motifs is 8. The van der Waals surface area contributed by atoms with Gasteiger partial charge in [-0.05, 0) is 26.7 Å². The smallest absolute Gasteiger partial charge is 0.404 e. The Morgan fingerprint density at radius 2 is 1.00 bits per heavy atom. The van der Waals surface area contributed by atoms with Crippen LogP contribution in [0.4, 0.5) is 9.59 Å². The van der Waals surface area contributed by atoms with Crippen molar-refractivity contribution in [2.75, 3.05) is 40.5 Å². The van der Waals surface area contributed by atoms with Crippen molar-refractivity contribution in [2.45, 2.75) is 75.1 Å². The second kappa shape index (κ2) is 12.4. The van der Waals surface area contributed by atoms with Crippen LogP contribution in [-0.2, 0) is 47.7 Å². The van der Waals surface area contributed by atoms with Crippen LogP contribution in [-0.4, -0.2) is 143 Å². The lowest BCUT2D eigenvalue weighted by atomic mass is 9.82. The van der Waals surface area contributed by atoms with Crippen LogP contribution in [0.1, 0.15) is 39.5 Å². The summed E-state index contributed by atoms with van der Waals surface area (Å²) in [5.74, 6) is -4.39. The van der Waals surface area contributed by atoms with Crippen LogP contribution in [0.25, 0.3) is 0 Å². The number of nitrogens with zero attached hydrogens (tertiary/aromatic N) is 4. The second-order valence-electron chi connectivity index (χ2n) is 15.3. The summed E-state index contributed by atoms with van der Waals surface area (Å²) in [5.41, 5.74) is 19.9. The molecule has 20 nitrogen and oxygen atoms in total. The molecule has 0 aromatic heterocycles. The van der Waals surface area contributed by atoms with Gasteiger partial charge in [-0.2, -0.15) is 0 Å². The van der Waals surface area contributed by atoms with E-state index in [2.05, 4.69) is 0 Å². The number of piperazine rings is 2. The molecule has 0 saturated carbocycles. The predicted molar refractivity (Wildman–Crippen MR) is 186 cm³/mol. The average molecular weight is 779 g/mol. The van der Waals surface area contributed by atoms with Gasteiger partial charge >= 0.3 is 12.2 Å². The second-order valence-corrected chi connectivity index (χ2v) is 15.3. The zero-order chi connectivity index (χ0) is 40.5. The average Bonchev–Trinajstić information content (AvgIpc) is 3.90. The number of hydrogen-bond donors (Lipinski definition) is 4. The summed E-state index contributed by atoms with van der Waals surface area (Å²) in [6.45, 7) is 2.55. The molecule has 6 heterocycles. The van der Waals surface area contributed by atoms with Crippen LogP contribution < -0.4 is 22.9 Å². The molecule has 4 saturated heterocycles. The molecule has 8 aliphatic rings. The third-order valence-electron chi connectivity index (χ3n) is 13.0. The van der Waals surface area contributed by atoms with Crippen molar-refractivity contribution in [2.24, 2.45) is 34.8 Å². The molecular formula is C36H42N8O12. The van der Waals surface area contributed by atoms with Gasteiger partial charge in [-0.15, -0.1) is 0 Å². The molecule has 4 fully saturated rings. The largest absolute Gasteiger partial charge is 0.449 e. The maximum atomic E-state index is 13.6. The Morgan fingerprint density at radius 3 is 1.32 bits per heavy atom. The Labute approximate surface area is 319 Å². The number of carbonyl (C=O) groups excluding carboxylic acids is 8. The lowest BCUT2D eigenvalue weighted by Crippen LogP contribution is -2.56. The van der Waals surface area contributed by atoms with E-state index in [1.54, 1.807) is 19.6 Å². The molecule has 8 atom stereocenters. The van der Waals surface area contributed by atoms with Gasteiger partial charge in [-0.25, -0.2) is 9.59 Å². The first-order chi connectivity index (χ1) is 26.5. The summed E-state index contributed by atoms with van der Waals surface area (Å²) < 4.78 is 22.4. The standard InChI is InChI=1S/C36H42N8O12/c1-13-23(37)29(49)21-15(11-55-33(39)51)35(53-3)31-17(9-41(35)25(21)27(13)47)43(31)19(45)7-5-6-8-20(46)44-18-10-42-26-22(30(50)24(38)14(2)28(26)48)16(12-56-34(40)52)36(42,54-4)32(18)44/h15-18,31-32H,5-12,37-38H2,1-4H3,(H2,39,51)(H2,40,52)/t15-,16+,17+,18-,31+,32-,35-,36+,43?,44?. The number of Topliss-reactive ketones (excluding diaryl/α,β-unsaturated/α-hetero) is 4. The fraction of sp³-hybridized carbons (Fsp3) is 0.556. The Hall–Kier alpha value is -5.76. The number of unbranched alkanes of at least 4 members (excludes halogenated alkanes) is 1. The quantitative estimate of drug-likeness (QED) is 0.0979. The SMILES string of the molecule is CO[C@@]12[C@H](COC(N)=O)C3=C(C(=O)C(C)=C(N)C3=O)N1C[C@H]1[C@@H]2N1C(=O)CCCCC(=O)N1[C@@H]2CN3C4=C(C(=O)C(N)=C(C)C4=O)[C@H](COC(N)=O)[C@]3(OC)[C@@H]21. The fourth-order valence-corrected chi connectivity index (χ4v) is 10.4. The minimum atomic E-state index is -1.39. The third kappa shape index (κ3) is 4.58. The third-order valence-corrected chi connectivity index (χ3v) is 13.0. The molecule has 20 heteroatoms. The normalized spacial score (nSPS) is 33.5. The van der Waals surface area contributed by atoms with Gasteiger partial charge in [0.15, 0.2) is 11.4 Å². The molecular weight excluding hydrogens is 736 g/mol. The van der Waals surface area contributed by atoms with Gasteiger partial charge in [0.05, 0.1) is 46.7 Å². The predicted octanol–water partition coefficient (Wildman–Crippen LogP) is -2.25. The summed E-state index contributed by atoms with van der Waals surface area (Å²) in [4.78, 5) is 111. The van der Waals surface area contributed by atoms with Crippen LogP contribution in [0.2, 0.25) is 0 Å². The van der Waals surface area contributed by atoms with E-state index in [9.17, 15) is 38.4 Å². The number of amides is 4. The molecule has 0 aromatic carbocycles. The first-order valence-electron chi connectivity index (χ1n) is 18.2. The van der Waals surface area contributed by atoms with E-state index in [4.69, 9.17) is 41.9 Å². The highest BCUT2D eigenvalue weighted by Gasteiger charge is 2.79. The molecule has 6 aliphatic heterocycles. The summed E-state index contributed by atoms with van der Waals surface area (Å²) in [6, 6.07) is -1.86. The first kappa shape index (κ1) is 37.2. The number of allylic oxidation sites excluding steroid dienone is 4. The first-order valence-corrected chi connectivity index (χ1v) is 18.2. The number of primary amides is 2. The van der Waals surface area contributed by atoms with Crippen molar-refractivity contribution in [3.05, 3.63) is 45.1 Å². The van der Waals surface area contributed by atoms with Gasteiger partial charge in [-0.1, -0.05) is 0 Å². The van der Waals surface area contributed by atoms with Crippen molar-refractivity contribution < 1.29 is 57.3 Å². The van der Waals surface area contributed by atoms with E-state index in [1.807, 2.05) is 0 Å². The number of ether oxygens (including phenoxy) is 4. The van der Waals surface area contributed by atoms with Crippen molar-refractivity contribution in [1.82, 2.24) is 19.6 Å².